The number of hydrogen-bond donors (Lipinski definition) is 2. The van der Waals surface area contributed by atoms with Crippen molar-refractivity contribution in [3.8, 4) is 0 Å². The first-order valence-corrected chi connectivity index (χ1v) is 22.1. The van der Waals surface area contributed by atoms with E-state index in [-0.39, 0.29) is 43.8 Å². The second kappa shape index (κ2) is 13.9. The molecular weight excluding hydrogens is 762 g/mol. The molecule has 2 N–H and O–H groups in total. The maximum Gasteiger partial charge on any atom is 0.264 e. The highest BCUT2D eigenvalue weighted by atomic mass is 79.9. The van der Waals surface area contributed by atoms with Gasteiger partial charge in [0.1, 0.15) is 0 Å². The zero-order valence-electron chi connectivity index (χ0n) is 30.4. The van der Waals surface area contributed by atoms with Crippen molar-refractivity contribution in [3.05, 3.63) is 136 Å². The number of ether oxygens (including phenoxy) is 1. The second-order valence-electron chi connectivity index (χ2n) is 15.1. The second-order valence-corrected chi connectivity index (χ2v) is 20.0. The molecule has 9 nitrogen and oxygen atoms in total. The predicted molar refractivity (Wildman–Crippen MR) is 215 cm³/mol. The molecule has 1 fully saturated rings. The van der Waals surface area contributed by atoms with Crippen LogP contribution in [0.5, 0.6) is 0 Å². The third-order valence-electron chi connectivity index (χ3n) is 11.3. The maximum absolute atomic E-state index is 15.1. The standard InChI is InChI=1S/C43H42BrN3O6Si/c1-27-40(54(2,3)52)37(24-38(49)45(20-21-48)25-28-10-5-4-6-11-28)53-43(27)34-23-31(44)18-19-35(34)46(42(43)51)26-29-12-7-15-32(22-29)47-36-17-9-14-30-13-8-16-33(39(30)36)41(47)50/h4-19,22-23,27,37,40,48,52H,20-21,24-26H2,1-3H3/t27-,37+,40-,43+/m0/s1. The van der Waals surface area contributed by atoms with Crippen molar-refractivity contribution >= 4 is 69.8 Å². The van der Waals surface area contributed by atoms with E-state index in [0.29, 0.717) is 29.0 Å². The zero-order valence-corrected chi connectivity index (χ0v) is 33.0. The third kappa shape index (κ3) is 5.99. The minimum atomic E-state index is -3.04. The molecule has 11 heteroatoms. The number of anilines is 3. The van der Waals surface area contributed by atoms with Gasteiger partial charge in [-0.05, 0) is 72.1 Å². The predicted octanol–water partition coefficient (Wildman–Crippen LogP) is 7.65. The monoisotopic (exact) mass is 803 g/mol. The molecule has 0 bridgehead atoms. The number of hydrogen-bond acceptors (Lipinski definition) is 6. The molecular formula is C43H42BrN3O6Si. The lowest BCUT2D eigenvalue weighted by Gasteiger charge is -2.32. The summed E-state index contributed by atoms with van der Waals surface area (Å²) in [6.07, 6.45) is -0.779. The molecule has 276 valence electrons. The largest absolute Gasteiger partial charge is 0.432 e. The number of carbonyl (C=O) groups excluding carboxylic acids is 3. The average molecular weight is 805 g/mol. The van der Waals surface area contributed by atoms with Gasteiger partial charge in [-0.3, -0.25) is 19.3 Å². The summed E-state index contributed by atoms with van der Waals surface area (Å²) in [5, 5.41) is 11.8. The number of benzene rings is 5. The highest BCUT2D eigenvalue weighted by Gasteiger charge is 2.66. The van der Waals surface area contributed by atoms with Crippen molar-refractivity contribution in [1.82, 2.24) is 4.90 Å². The van der Waals surface area contributed by atoms with E-state index in [1.165, 1.54) is 0 Å². The maximum atomic E-state index is 15.1. The molecule has 54 heavy (non-hydrogen) atoms. The van der Waals surface area contributed by atoms with Gasteiger partial charge in [-0.15, -0.1) is 0 Å². The van der Waals surface area contributed by atoms with Gasteiger partial charge in [0.2, 0.25) is 5.91 Å². The van der Waals surface area contributed by atoms with Crippen LogP contribution in [-0.4, -0.2) is 60.1 Å². The van der Waals surface area contributed by atoms with E-state index in [1.807, 2.05) is 129 Å². The molecule has 3 heterocycles. The van der Waals surface area contributed by atoms with E-state index in [2.05, 4.69) is 15.9 Å². The number of carbonyl (C=O) groups is 3. The minimum Gasteiger partial charge on any atom is -0.432 e. The van der Waals surface area contributed by atoms with Gasteiger partial charge < -0.3 is 24.4 Å². The summed E-state index contributed by atoms with van der Waals surface area (Å²) in [7, 11) is -3.04. The number of amides is 3. The molecule has 5 aromatic carbocycles. The van der Waals surface area contributed by atoms with Crippen LogP contribution >= 0.6 is 15.9 Å². The Balaban J connectivity index is 1.12. The van der Waals surface area contributed by atoms with Crippen molar-refractivity contribution in [1.29, 1.82) is 0 Å². The highest BCUT2D eigenvalue weighted by molar-refractivity contribution is 9.10. The molecule has 0 unspecified atom stereocenters. The molecule has 1 saturated heterocycles. The van der Waals surface area contributed by atoms with E-state index >= 15 is 4.79 Å². The van der Waals surface area contributed by atoms with Crippen LogP contribution in [0.15, 0.2) is 114 Å². The Morgan fingerprint density at radius 1 is 0.907 bits per heavy atom. The summed E-state index contributed by atoms with van der Waals surface area (Å²) in [4.78, 5) is 59.7. The van der Waals surface area contributed by atoms with Gasteiger partial charge in [0.15, 0.2) is 13.9 Å². The minimum absolute atomic E-state index is 0.0434. The SMILES string of the molecule is C[C@H]1[C@H]([Si](C)(C)O)[C@@H](CC(=O)N(CCO)Cc2ccccc2)O[C@]12C(=O)N(Cc1cccc(N3C(=O)c4cccc5cccc3c45)c1)c1ccc(Br)cc12. The zero-order chi connectivity index (χ0) is 37.9. The van der Waals surface area contributed by atoms with Crippen LogP contribution < -0.4 is 9.80 Å². The van der Waals surface area contributed by atoms with Crippen LogP contribution in [-0.2, 0) is 33.0 Å². The molecule has 0 saturated carbocycles. The number of halogens is 1. The molecule has 8 rings (SSSR count). The van der Waals surface area contributed by atoms with Gasteiger partial charge in [-0.1, -0.05) is 89.6 Å². The van der Waals surface area contributed by atoms with Crippen LogP contribution in [0.1, 0.15) is 40.4 Å². The summed E-state index contributed by atoms with van der Waals surface area (Å²) < 4.78 is 7.74. The lowest BCUT2D eigenvalue weighted by molar-refractivity contribution is -0.150. The first kappa shape index (κ1) is 36.3. The van der Waals surface area contributed by atoms with Crippen LogP contribution in [0.2, 0.25) is 18.6 Å². The van der Waals surface area contributed by atoms with Crippen LogP contribution in [0.3, 0.4) is 0 Å². The van der Waals surface area contributed by atoms with Crippen molar-refractivity contribution in [3.63, 3.8) is 0 Å². The molecule has 0 aliphatic carbocycles. The Kier molecular flexibility index (Phi) is 9.34. The molecule has 0 radical (unpaired) electrons. The van der Waals surface area contributed by atoms with Crippen molar-refractivity contribution in [2.45, 2.75) is 56.8 Å². The molecule has 5 aromatic rings. The summed E-state index contributed by atoms with van der Waals surface area (Å²) >= 11 is 3.63. The fourth-order valence-electron chi connectivity index (χ4n) is 9.07. The topological polar surface area (TPSA) is 111 Å². The van der Waals surface area contributed by atoms with Gasteiger partial charge in [-0.2, -0.15) is 0 Å². The van der Waals surface area contributed by atoms with Crippen LogP contribution in [0, 0.1) is 5.92 Å². The van der Waals surface area contributed by atoms with Gasteiger partial charge in [0.25, 0.3) is 11.8 Å². The van der Waals surface area contributed by atoms with Crippen molar-refractivity contribution in [2.75, 3.05) is 23.0 Å². The number of aliphatic hydroxyl groups excluding tert-OH is 1. The average Bonchev–Trinajstić information content (AvgIpc) is 3.70. The number of nitrogens with zero attached hydrogens (tertiary/aromatic N) is 3. The smallest absolute Gasteiger partial charge is 0.264 e. The summed E-state index contributed by atoms with van der Waals surface area (Å²) in [5.74, 6) is -1.02. The lowest BCUT2D eigenvalue weighted by atomic mass is 9.82. The summed E-state index contributed by atoms with van der Waals surface area (Å²) in [5.41, 5.74) is 3.46. The van der Waals surface area contributed by atoms with E-state index in [0.717, 1.165) is 32.1 Å². The summed E-state index contributed by atoms with van der Waals surface area (Å²) in [6, 6.07) is 34.7. The van der Waals surface area contributed by atoms with E-state index in [4.69, 9.17) is 4.74 Å². The molecule has 1 spiro atoms. The number of fused-ring (bicyclic) bond motifs is 2. The fraction of sp³-hybridized carbons (Fsp3) is 0.279. The van der Waals surface area contributed by atoms with Gasteiger partial charge in [0, 0.05) is 45.7 Å². The Hall–Kier alpha value is -4.65. The lowest BCUT2D eigenvalue weighted by Crippen LogP contribution is -2.46. The van der Waals surface area contributed by atoms with Gasteiger partial charge in [0.05, 0.1) is 42.6 Å². The Labute approximate surface area is 324 Å². The molecule has 3 amide bonds. The fourth-order valence-corrected chi connectivity index (χ4v) is 12.0. The Morgan fingerprint density at radius 2 is 1.63 bits per heavy atom. The number of rotatable bonds is 10. The first-order chi connectivity index (χ1) is 25.9. The number of aliphatic hydroxyl groups is 1. The molecule has 0 aromatic heterocycles. The molecule has 4 atom stereocenters. The summed E-state index contributed by atoms with van der Waals surface area (Å²) in [6.45, 7) is 6.13. The Morgan fingerprint density at radius 3 is 2.37 bits per heavy atom. The van der Waals surface area contributed by atoms with Crippen molar-refractivity contribution in [2.24, 2.45) is 5.92 Å². The highest BCUT2D eigenvalue weighted by Crippen LogP contribution is 2.60. The van der Waals surface area contributed by atoms with Crippen molar-refractivity contribution < 1.29 is 29.0 Å². The normalized spacial score (nSPS) is 21.8. The van der Waals surface area contributed by atoms with Gasteiger partial charge in [-0.25, -0.2) is 0 Å². The van der Waals surface area contributed by atoms with E-state index in [9.17, 15) is 19.5 Å². The first-order valence-electron chi connectivity index (χ1n) is 18.3. The van der Waals surface area contributed by atoms with E-state index < -0.39 is 31.5 Å². The van der Waals surface area contributed by atoms with Crippen LogP contribution in [0.4, 0.5) is 17.1 Å². The molecule has 3 aliphatic heterocycles. The van der Waals surface area contributed by atoms with E-state index in [1.54, 1.807) is 14.7 Å². The van der Waals surface area contributed by atoms with Gasteiger partial charge >= 0.3 is 0 Å². The quantitative estimate of drug-likeness (QED) is 0.141. The molecule has 3 aliphatic rings. The third-order valence-corrected chi connectivity index (χ3v) is 14.3. The Bertz CT molecular complexity index is 2290. The van der Waals surface area contributed by atoms with Crippen LogP contribution in [0.25, 0.3) is 10.8 Å².